The van der Waals surface area contributed by atoms with Crippen LogP contribution in [0, 0.1) is 5.82 Å². The summed E-state index contributed by atoms with van der Waals surface area (Å²) in [4.78, 5) is 37.8. The molecule has 4 rings (SSSR count). The van der Waals surface area contributed by atoms with Crippen molar-refractivity contribution in [2.24, 2.45) is 0 Å². The molecule has 0 aliphatic carbocycles. The number of carbonyl (C=O) groups is 1. The summed E-state index contributed by atoms with van der Waals surface area (Å²) >= 11 is 0. The largest absolute Gasteiger partial charge is 0.333 e. The van der Waals surface area contributed by atoms with Crippen molar-refractivity contribution in [3.8, 4) is 0 Å². The second-order valence-corrected chi connectivity index (χ2v) is 6.79. The van der Waals surface area contributed by atoms with E-state index in [0.29, 0.717) is 5.52 Å². The maximum Gasteiger partial charge on any atom is 0.333 e. The van der Waals surface area contributed by atoms with Crippen molar-refractivity contribution in [2.75, 3.05) is 0 Å². The fourth-order valence-electron chi connectivity index (χ4n) is 3.31. The van der Waals surface area contributed by atoms with Crippen LogP contribution in [0.1, 0.15) is 30.2 Å². The van der Waals surface area contributed by atoms with Crippen molar-refractivity contribution in [1.29, 1.82) is 0 Å². The Labute approximate surface area is 158 Å². The summed E-state index contributed by atoms with van der Waals surface area (Å²) in [6.45, 7) is 3.48. The molecule has 0 aliphatic heterocycles. The molecule has 8 heteroatoms. The Morgan fingerprint density at radius 1 is 1.00 bits per heavy atom. The molecule has 2 aromatic heterocycles. The number of fused-ring (bicyclic) bond motifs is 3. The Kier molecular flexibility index (Phi) is 4.18. The minimum absolute atomic E-state index is 0.0273. The van der Waals surface area contributed by atoms with Crippen LogP contribution in [-0.2, 0) is 6.54 Å². The van der Waals surface area contributed by atoms with Crippen molar-refractivity contribution in [3.63, 3.8) is 0 Å². The van der Waals surface area contributed by atoms with Crippen LogP contribution >= 0.6 is 0 Å². The Morgan fingerprint density at radius 3 is 2.29 bits per heavy atom. The zero-order valence-electron chi connectivity index (χ0n) is 15.3. The number of ketones is 1. The van der Waals surface area contributed by atoms with E-state index in [1.54, 1.807) is 12.1 Å². The van der Waals surface area contributed by atoms with Crippen LogP contribution in [0.5, 0.6) is 0 Å². The third-order valence-corrected chi connectivity index (χ3v) is 4.60. The minimum atomic E-state index is -0.889. The zero-order valence-corrected chi connectivity index (χ0v) is 15.3. The van der Waals surface area contributed by atoms with Crippen molar-refractivity contribution in [3.05, 3.63) is 80.6 Å². The Balaban J connectivity index is 1.92. The van der Waals surface area contributed by atoms with E-state index >= 15 is 0 Å². The van der Waals surface area contributed by atoms with Gasteiger partial charge < -0.3 is 4.57 Å². The number of hydrogen-bond donors (Lipinski definition) is 0. The van der Waals surface area contributed by atoms with E-state index in [0.717, 1.165) is 22.3 Å². The summed E-state index contributed by atoms with van der Waals surface area (Å²) in [7, 11) is 0. The lowest BCUT2D eigenvalue weighted by Gasteiger charge is -2.10. The van der Waals surface area contributed by atoms with Crippen LogP contribution in [0.2, 0.25) is 0 Å². The number of halogens is 1. The molecule has 0 radical (unpaired) electrons. The highest BCUT2D eigenvalue weighted by molar-refractivity contribution is 5.95. The lowest BCUT2D eigenvalue weighted by Crippen LogP contribution is -2.41. The topological polar surface area (TPSA) is 78.4 Å². The SMILES string of the molecule is CC(C)n1c2ccccc2n2c(=O)c(=O)n(CC(=O)c3ccc(F)cc3)nc12. The smallest absolute Gasteiger partial charge is 0.306 e. The number of aromatic nitrogens is 4. The summed E-state index contributed by atoms with van der Waals surface area (Å²) in [5.41, 5.74) is -0.0752. The first kappa shape index (κ1) is 17.8. The second kappa shape index (κ2) is 6.56. The molecule has 0 N–H and O–H groups in total. The van der Waals surface area contributed by atoms with Crippen molar-refractivity contribution < 1.29 is 9.18 Å². The van der Waals surface area contributed by atoms with Gasteiger partial charge in [-0.05, 0) is 50.2 Å². The fourth-order valence-corrected chi connectivity index (χ4v) is 3.31. The fraction of sp³-hybridized carbons (Fsp3) is 0.200. The second-order valence-electron chi connectivity index (χ2n) is 6.79. The normalized spacial score (nSPS) is 11.6. The van der Waals surface area contributed by atoms with Gasteiger partial charge >= 0.3 is 11.1 Å². The quantitative estimate of drug-likeness (QED) is 0.402. The molecule has 2 heterocycles. The Hall–Kier alpha value is -3.55. The van der Waals surface area contributed by atoms with Crippen LogP contribution in [-0.4, -0.2) is 24.5 Å². The van der Waals surface area contributed by atoms with Gasteiger partial charge in [-0.25, -0.2) is 13.5 Å². The van der Waals surface area contributed by atoms with Crippen LogP contribution in [0.15, 0.2) is 58.1 Å². The van der Waals surface area contributed by atoms with Crippen LogP contribution < -0.4 is 11.1 Å². The molecule has 0 atom stereocenters. The summed E-state index contributed by atoms with van der Waals surface area (Å²) in [6, 6.07) is 12.2. The number of hydrogen-bond acceptors (Lipinski definition) is 4. The zero-order chi connectivity index (χ0) is 20.0. The predicted molar refractivity (Wildman–Crippen MR) is 102 cm³/mol. The molecule has 142 valence electrons. The molecule has 0 saturated carbocycles. The number of imidazole rings is 1. The summed E-state index contributed by atoms with van der Waals surface area (Å²) in [5, 5.41) is 4.31. The van der Waals surface area contributed by atoms with Gasteiger partial charge in [0.1, 0.15) is 12.4 Å². The van der Waals surface area contributed by atoms with Crippen molar-refractivity contribution in [2.45, 2.75) is 26.4 Å². The van der Waals surface area contributed by atoms with E-state index < -0.39 is 29.3 Å². The first-order valence-electron chi connectivity index (χ1n) is 8.80. The van der Waals surface area contributed by atoms with Gasteiger partial charge in [0.05, 0.1) is 11.0 Å². The molecule has 0 bridgehead atoms. The van der Waals surface area contributed by atoms with Gasteiger partial charge in [-0.2, -0.15) is 0 Å². The molecule has 0 unspecified atom stereocenters. The summed E-state index contributed by atoms with van der Waals surface area (Å²) in [6.07, 6.45) is 0. The van der Waals surface area contributed by atoms with Gasteiger partial charge in [0.25, 0.3) is 0 Å². The molecule has 4 aromatic rings. The van der Waals surface area contributed by atoms with E-state index in [-0.39, 0.29) is 17.4 Å². The van der Waals surface area contributed by atoms with Crippen LogP contribution in [0.25, 0.3) is 16.8 Å². The molecule has 2 aromatic carbocycles. The highest BCUT2D eigenvalue weighted by Crippen LogP contribution is 2.21. The predicted octanol–water partition coefficient (Wildman–Crippen LogP) is 2.41. The first-order chi connectivity index (χ1) is 13.4. The molecular weight excluding hydrogens is 363 g/mol. The lowest BCUT2D eigenvalue weighted by atomic mass is 10.1. The number of benzene rings is 2. The van der Waals surface area contributed by atoms with E-state index in [2.05, 4.69) is 5.10 Å². The van der Waals surface area contributed by atoms with Gasteiger partial charge in [-0.15, -0.1) is 5.10 Å². The molecule has 0 spiro atoms. The Morgan fingerprint density at radius 2 is 1.64 bits per heavy atom. The van der Waals surface area contributed by atoms with Gasteiger partial charge in [0.2, 0.25) is 5.78 Å². The molecule has 0 amide bonds. The number of Topliss-reactive ketones (excluding diaryl/α,β-unsaturated/α-hetero) is 1. The number of para-hydroxylation sites is 2. The van der Waals surface area contributed by atoms with E-state index in [9.17, 15) is 18.8 Å². The third-order valence-electron chi connectivity index (χ3n) is 4.60. The third kappa shape index (κ3) is 2.74. The summed E-state index contributed by atoms with van der Waals surface area (Å²) in [5.74, 6) is -0.619. The van der Waals surface area contributed by atoms with Crippen molar-refractivity contribution >= 4 is 22.6 Å². The average Bonchev–Trinajstić information content (AvgIpc) is 3.00. The Bertz CT molecular complexity index is 1330. The molecular formula is C20H17FN4O3. The molecule has 7 nitrogen and oxygen atoms in total. The average molecular weight is 380 g/mol. The molecule has 28 heavy (non-hydrogen) atoms. The maximum atomic E-state index is 13.1. The van der Waals surface area contributed by atoms with Gasteiger partial charge in [-0.3, -0.25) is 14.4 Å². The molecule has 0 fully saturated rings. The first-order valence-corrected chi connectivity index (χ1v) is 8.80. The lowest BCUT2D eigenvalue weighted by molar-refractivity contribution is 0.0965. The van der Waals surface area contributed by atoms with E-state index in [1.165, 1.54) is 16.5 Å². The highest BCUT2D eigenvalue weighted by Gasteiger charge is 2.20. The van der Waals surface area contributed by atoms with Crippen LogP contribution in [0.3, 0.4) is 0 Å². The van der Waals surface area contributed by atoms with E-state index in [4.69, 9.17) is 0 Å². The van der Waals surface area contributed by atoms with Gasteiger partial charge in [0.15, 0.2) is 5.78 Å². The van der Waals surface area contributed by atoms with Gasteiger partial charge in [0, 0.05) is 11.6 Å². The summed E-state index contributed by atoms with van der Waals surface area (Å²) < 4.78 is 17.1. The molecule has 0 aliphatic rings. The molecule has 0 saturated heterocycles. The van der Waals surface area contributed by atoms with Crippen molar-refractivity contribution in [1.82, 2.24) is 18.7 Å². The number of rotatable bonds is 4. The van der Waals surface area contributed by atoms with Gasteiger partial charge in [-0.1, -0.05) is 12.1 Å². The van der Waals surface area contributed by atoms with E-state index in [1.807, 2.05) is 30.5 Å². The van der Waals surface area contributed by atoms with Crippen LogP contribution in [0.4, 0.5) is 4.39 Å². The minimum Gasteiger partial charge on any atom is -0.306 e. The number of carbonyl (C=O) groups excluding carboxylic acids is 1. The highest BCUT2D eigenvalue weighted by atomic mass is 19.1. The monoisotopic (exact) mass is 380 g/mol. The number of nitrogens with zero attached hydrogens (tertiary/aromatic N) is 4. The maximum absolute atomic E-state index is 13.1. The standard InChI is InChI=1S/C20H17FN4O3/c1-12(2)24-15-5-3-4-6-16(15)25-19(28)18(27)23(22-20(24)25)11-17(26)13-7-9-14(21)10-8-13/h3-10,12H,11H2,1-2H3.